The molecule has 2 aromatic carbocycles. The second-order valence-corrected chi connectivity index (χ2v) is 6.20. The summed E-state index contributed by atoms with van der Waals surface area (Å²) in [4.78, 5) is 16.3. The highest BCUT2D eigenvalue weighted by atomic mass is 16.1. The van der Waals surface area contributed by atoms with Crippen LogP contribution >= 0.6 is 0 Å². The van der Waals surface area contributed by atoms with Crippen molar-refractivity contribution in [1.29, 1.82) is 0 Å². The fourth-order valence-corrected chi connectivity index (χ4v) is 2.89. The van der Waals surface area contributed by atoms with E-state index in [1.807, 2.05) is 30.3 Å². The van der Waals surface area contributed by atoms with Gasteiger partial charge >= 0.3 is 0 Å². The number of benzene rings is 2. The Balaban J connectivity index is 1.74. The van der Waals surface area contributed by atoms with E-state index in [4.69, 9.17) is 0 Å². The molecule has 0 spiro atoms. The van der Waals surface area contributed by atoms with Crippen LogP contribution in [0.15, 0.2) is 67.0 Å². The van der Waals surface area contributed by atoms with Crippen molar-refractivity contribution in [2.45, 2.75) is 6.92 Å². The van der Waals surface area contributed by atoms with Gasteiger partial charge in [-0.2, -0.15) is 5.10 Å². The van der Waals surface area contributed by atoms with Crippen molar-refractivity contribution in [2.75, 3.05) is 7.05 Å². The highest BCUT2D eigenvalue weighted by Crippen LogP contribution is 2.24. The van der Waals surface area contributed by atoms with Gasteiger partial charge in [0.1, 0.15) is 6.33 Å². The summed E-state index contributed by atoms with van der Waals surface area (Å²) in [5.41, 5.74) is 6.46. The summed E-state index contributed by atoms with van der Waals surface area (Å²) < 4.78 is 1.77. The van der Waals surface area contributed by atoms with E-state index in [1.54, 1.807) is 24.0 Å². The van der Waals surface area contributed by atoms with Gasteiger partial charge in [-0.15, -0.1) is 0 Å². The lowest BCUT2D eigenvalue weighted by Crippen LogP contribution is -2.17. The summed E-state index contributed by atoms with van der Waals surface area (Å²) in [5.74, 6) is -0.112. The first-order valence-electron chi connectivity index (χ1n) is 8.39. The van der Waals surface area contributed by atoms with Crippen LogP contribution in [-0.2, 0) is 0 Å². The Morgan fingerprint density at radius 3 is 2.50 bits per heavy atom. The van der Waals surface area contributed by atoms with Crippen LogP contribution in [0.2, 0.25) is 0 Å². The van der Waals surface area contributed by atoms with Gasteiger partial charge in [-0.1, -0.05) is 42.0 Å². The lowest BCUT2D eigenvalue weighted by Gasteiger charge is -2.04. The molecule has 5 nitrogen and oxygen atoms in total. The molecule has 0 aliphatic heterocycles. The van der Waals surface area contributed by atoms with Crippen LogP contribution in [-0.4, -0.2) is 27.6 Å². The Kier molecular flexibility index (Phi) is 3.97. The van der Waals surface area contributed by atoms with Crippen molar-refractivity contribution < 1.29 is 4.79 Å². The van der Waals surface area contributed by atoms with Crippen LogP contribution in [0.5, 0.6) is 0 Å². The molecular formula is C21H18N4O. The van der Waals surface area contributed by atoms with Crippen molar-refractivity contribution in [3.63, 3.8) is 0 Å². The number of amides is 1. The smallest absolute Gasteiger partial charge is 0.251 e. The van der Waals surface area contributed by atoms with E-state index >= 15 is 0 Å². The van der Waals surface area contributed by atoms with E-state index in [-0.39, 0.29) is 5.91 Å². The fraction of sp³-hybridized carbons (Fsp3) is 0.0952. The minimum absolute atomic E-state index is 0.112. The lowest BCUT2D eigenvalue weighted by atomic mass is 10.1. The van der Waals surface area contributed by atoms with Gasteiger partial charge in [0.05, 0.1) is 16.9 Å². The van der Waals surface area contributed by atoms with Gasteiger partial charge in [-0.25, -0.2) is 9.50 Å². The maximum Gasteiger partial charge on any atom is 0.251 e. The number of nitrogens with zero attached hydrogens (tertiary/aromatic N) is 3. The number of fused-ring (bicyclic) bond motifs is 1. The van der Waals surface area contributed by atoms with E-state index in [2.05, 4.69) is 46.6 Å². The van der Waals surface area contributed by atoms with Crippen molar-refractivity contribution >= 4 is 11.4 Å². The van der Waals surface area contributed by atoms with E-state index < -0.39 is 0 Å². The minimum Gasteiger partial charge on any atom is -0.355 e. The van der Waals surface area contributed by atoms with Crippen LogP contribution in [0.25, 0.3) is 28.0 Å². The largest absolute Gasteiger partial charge is 0.355 e. The number of hydrogen-bond acceptors (Lipinski definition) is 3. The third kappa shape index (κ3) is 2.95. The van der Waals surface area contributed by atoms with Crippen molar-refractivity contribution in [3.05, 3.63) is 78.1 Å². The molecule has 5 heteroatoms. The van der Waals surface area contributed by atoms with Gasteiger partial charge in [0.25, 0.3) is 5.91 Å². The monoisotopic (exact) mass is 342 g/mol. The number of carbonyl (C=O) groups is 1. The van der Waals surface area contributed by atoms with Crippen LogP contribution in [0.1, 0.15) is 15.9 Å². The van der Waals surface area contributed by atoms with E-state index in [1.165, 1.54) is 5.56 Å². The average molecular weight is 342 g/mol. The SMILES string of the molecule is CNC(=O)c1cccc(-c2cc3cc(-c4ccc(C)cc4)nn3cn2)c1. The topological polar surface area (TPSA) is 59.3 Å². The zero-order valence-corrected chi connectivity index (χ0v) is 14.6. The molecule has 26 heavy (non-hydrogen) atoms. The quantitative estimate of drug-likeness (QED) is 0.617. The Hall–Kier alpha value is -3.47. The summed E-state index contributed by atoms with van der Waals surface area (Å²) in [7, 11) is 1.62. The summed E-state index contributed by atoms with van der Waals surface area (Å²) in [5, 5.41) is 7.24. The molecule has 0 saturated heterocycles. The van der Waals surface area contributed by atoms with Crippen molar-refractivity contribution in [1.82, 2.24) is 19.9 Å². The normalized spacial score (nSPS) is 10.8. The summed E-state index contributed by atoms with van der Waals surface area (Å²) in [6.07, 6.45) is 1.70. The minimum atomic E-state index is -0.112. The molecule has 1 N–H and O–H groups in total. The first-order chi connectivity index (χ1) is 12.6. The second kappa shape index (κ2) is 6.44. The summed E-state index contributed by atoms with van der Waals surface area (Å²) >= 11 is 0. The Labute approximate surface area is 151 Å². The van der Waals surface area contributed by atoms with Gasteiger partial charge in [0.15, 0.2) is 0 Å². The molecule has 0 bridgehead atoms. The predicted octanol–water partition coefficient (Wildman–Crippen LogP) is 3.73. The number of carbonyl (C=O) groups excluding carboxylic acids is 1. The maximum atomic E-state index is 11.8. The molecule has 128 valence electrons. The standard InChI is InChI=1S/C21H18N4O/c1-14-6-8-15(9-7-14)20-12-18-11-19(23-13-25(18)24-20)16-4-3-5-17(10-16)21(26)22-2/h3-13H,1-2H3,(H,22,26). The molecule has 0 aliphatic carbocycles. The first-order valence-corrected chi connectivity index (χ1v) is 8.39. The number of rotatable bonds is 3. The van der Waals surface area contributed by atoms with E-state index in [0.717, 1.165) is 28.0 Å². The van der Waals surface area contributed by atoms with Crippen molar-refractivity contribution in [2.24, 2.45) is 0 Å². The molecule has 2 aromatic heterocycles. The first kappa shape index (κ1) is 16.0. The molecule has 0 unspecified atom stereocenters. The van der Waals surface area contributed by atoms with E-state index in [9.17, 15) is 4.79 Å². The van der Waals surface area contributed by atoms with Crippen LogP contribution < -0.4 is 5.32 Å². The van der Waals surface area contributed by atoms with Gasteiger partial charge in [-0.3, -0.25) is 4.79 Å². The Bertz CT molecular complexity index is 1100. The summed E-state index contributed by atoms with van der Waals surface area (Å²) in [6.45, 7) is 2.07. The number of aryl methyl sites for hydroxylation is 1. The van der Waals surface area contributed by atoms with Gasteiger partial charge in [0, 0.05) is 23.7 Å². The maximum absolute atomic E-state index is 11.8. The van der Waals surface area contributed by atoms with Crippen molar-refractivity contribution in [3.8, 4) is 22.5 Å². The molecule has 0 aliphatic rings. The highest BCUT2D eigenvalue weighted by molar-refractivity contribution is 5.95. The van der Waals surface area contributed by atoms with Gasteiger partial charge < -0.3 is 5.32 Å². The number of nitrogens with one attached hydrogen (secondary N) is 1. The summed E-state index contributed by atoms with van der Waals surface area (Å²) in [6, 6.07) is 19.7. The Morgan fingerprint density at radius 1 is 0.962 bits per heavy atom. The van der Waals surface area contributed by atoms with Gasteiger partial charge in [0.2, 0.25) is 0 Å². The van der Waals surface area contributed by atoms with Crippen LogP contribution in [0.3, 0.4) is 0 Å². The molecule has 4 rings (SSSR count). The zero-order chi connectivity index (χ0) is 18.1. The van der Waals surface area contributed by atoms with E-state index in [0.29, 0.717) is 5.56 Å². The second-order valence-electron chi connectivity index (χ2n) is 6.20. The molecule has 0 atom stereocenters. The van der Waals surface area contributed by atoms with Crippen LogP contribution in [0.4, 0.5) is 0 Å². The molecule has 1 amide bonds. The highest BCUT2D eigenvalue weighted by Gasteiger charge is 2.09. The molecule has 0 fully saturated rings. The predicted molar refractivity (Wildman–Crippen MR) is 102 cm³/mol. The van der Waals surface area contributed by atoms with Crippen LogP contribution in [0, 0.1) is 6.92 Å². The van der Waals surface area contributed by atoms with Gasteiger partial charge in [-0.05, 0) is 31.2 Å². The molecule has 4 aromatic rings. The molecule has 0 radical (unpaired) electrons. The fourth-order valence-electron chi connectivity index (χ4n) is 2.89. The third-order valence-electron chi connectivity index (χ3n) is 4.35. The Morgan fingerprint density at radius 2 is 1.73 bits per heavy atom. The average Bonchev–Trinajstić information content (AvgIpc) is 3.11. The molecule has 2 heterocycles. The molecule has 0 saturated carbocycles. The molecular weight excluding hydrogens is 324 g/mol. The number of aromatic nitrogens is 3. The third-order valence-corrected chi connectivity index (χ3v) is 4.35. The zero-order valence-electron chi connectivity index (χ0n) is 14.6. The number of hydrogen-bond donors (Lipinski definition) is 1. The lowest BCUT2D eigenvalue weighted by molar-refractivity contribution is 0.0963.